The van der Waals surface area contributed by atoms with Crippen molar-refractivity contribution in [3.8, 4) is 0 Å². The molecule has 0 aromatic rings. The zero-order chi connectivity index (χ0) is 13.7. The minimum Gasteiger partial charge on any atom is -0.480 e. The van der Waals surface area contributed by atoms with Crippen LogP contribution in [0.25, 0.3) is 0 Å². The number of aliphatic carboxylic acids is 1. The quantitative estimate of drug-likeness (QED) is 0.599. The zero-order valence-corrected chi connectivity index (χ0v) is 10.8. The highest BCUT2D eigenvalue weighted by molar-refractivity contribution is 5.83. The molecule has 2 amide bonds. The Morgan fingerprint density at radius 1 is 1.50 bits per heavy atom. The van der Waals surface area contributed by atoms with E-state index in [2.05, 4.69) is 5.32 Å². The van der Waals surface area contributed by atoms with Gasteiger partial charge in [0.25, 0.3) is 0 Å². The Balaban J connectivity index is 2.43. The van der Waals surface area contributed by atoms with E-state index in [0.717, 1.165) is 6.54 Å². The summed E-state index contributed by atoms with van der Waals surface area (Å²) in [5.41, 5.74) is 0. The first-order chi connectivity index (χ1) is 8.45. The third-order valence-corrected chi connectivity index (χ3v) is 3.13. The number of β-amino-alcohol motifs (C(OH)–C–C–N with tert-alkyl or cyclic N) is 1. The number of hydrogen-bond donors (Lipinski definition) is 3. The van der Waals surface area contributed by atoms with Crippen molar-refractivity contribution < 1.29 is 19.8 Å². The summed E-state index contributed by atoms with van der Waals surface area (Å²) in [6.45, 7) is 4.14. The normalized spacial score (nSPS) is 23.4. The molecule has 0 spiro atoms. The topological polar surface area (TPSA) is 93.1 Å². The molecule has 0 radical (unpaired) electrons. The number of nitrogens with one attached hydrogen (secondary N) is 1. The minimum atomic E-state index is -1.08. The molecule has 0 saturated carbocycles. The summed E-state index contributed by atoms with van der Waals surface area (Å²) < 4.78 is 0. The van der Waals surface area contributed by atoms with Gasteiger partial charge in [-0.1, -0.05) is 6.92 Å². The Hall–Kier alpha value is -1.34. The van der Waals surface area contributed by atoms with E-state index < -0.39 is 24.1 Å². The molecule has 3 N–H and O–H groups in total. The molecule has 1 fully saturated rings. The number of carbonyl (C=O) groups is 2. The predicted molar refractivity (Wildman–Crippen MR) is 65.3 cm³/mol. The highest BCUT2D eigenvalue weighted by Gasteiger charge is 2.38. The number of aliphatic hydroxyl groups is 1. The first kappa shape index (κ1) is 14.7. The van der Waals surface area contributed by atoms with Crippen LogP contribution in [0.4, 0.5) is 4.79 Å². The van der Waals surface area contributed by atoms with Crippen molar-refractivity contribution in [2.75, 3.05) is 33.2 Å². The summed E-state index contributed by atoms with van der Waals surface area (Å²) in [7, 11) is 1.94. The SMILES string of the molecule is CCN(C)CCNC(=O)N1C[C@@H](O)C[C@H]1C(=O)O. The lowest BCUT2D eigenvalue weighted by Crippen LogP contribution is -2.47. The minimum absolute atomic E-state index is 0.0758. The molecule has 7 nitrogen and oxygen atoms in total. The molecule has 0 aromatic carbocycles. The lowest BCUT2D eigenvalue weighted by Gasteiger charge is -2.22. The third kappa shape index (κ3) is 3.85. The maximum absolute atomic E-state index is 11.8. The first-order valence-corrected chi connectivity index (χ1v) is 6.09. The highest BCUT2D eigenvalue weighted by Crippen LogP contribution is 2.17. The molecule has 7 heteroatoms. The number of aliphatic hydroxyl groups excluding tert-OH is 1. The second-order valence-electron chi connectivity index (χ2n) is 4.52. The van der Waals surface area contributed by atoms with Gasteiger partial charge in [-0.2, -0.15) is 0 Å². The Morgan fingerprint density at radius 2 is 2.17 bits per heavy atom. The maximum atomic E-state index is 11.8. The van der Waals surface area contributed by atoms with E-state index in [1.54, 1.807) is 0 Å². The van der Waals surface area contributed by atoms with Crippen LogP contribution < -0.4 is 5.32 Å². The van der Waals surface area contributed by atoms with Gasteiger partial charge in [0.2, 0.25) is 0 Å². The van der Waals surface area contributed by atoms with E-state index in [9.17, 15) is 14.7 Å². The summed E-state index contributed by atoms with van der Waals surface area (Å²) in [6.07, 6.45) is -0.660. The highest BCUT2D eigenvalue weighted by atomic mass is 16.4. The van der Waals surface area contributed by atoms with Crippen molar-refractivity contribution in [3.05, 3.63) is 0 Å². The third-order valence-electron chi connectivity index (χ3n) is 3.13. The van der Waals surface area contributed by atoms with Crippen LogP contribution in [0.1, 0.15) is 13.3 Å². The number of carboxylic acid groups (broad SMARTS) is 1. The molecule has 104 valence electrons. The van der Waals surface area contributed by atoms with E-state index in [1.165, 1.54) is 4.90 Å². The molecule has 1 saturated heterocycles. The number of carboxylic acids is 1. The Labute approximate surface area is 106 Å². The van der Waals surface area contributed by atoms with Crippen LogP contribution in [0.5, 0.6) is 0 Å². The molecule has 2 atom stereocenters. The number of likely N-dealkylation sites (N-methyl/N-ethyl adjacent to an activating group) is 1. The van der Waals surface area contributed by atoms with Crippen molar-refractivity contribution >= 4 is 12.0 Å². The molecule has 1 aliphatic rings. The van der Waals surface area contributed by atoms with Crippen molar-refractivity contribution in [1.29, 1.82) is 0 Å². The van der Waals surface area contributed by atoms with Gasteiger partial charge >= 0.3 is 12.0 Å². The zero-order valence-electron chi connectivity index (χ0n) is 10.8. The van der Waals surface area contributed by atoms with Gasteiger partial charge in [0.1, 0.15) is 6.04 Å². The number of amides is 2. The lowest BCUT2D eigenvalue weighted by molar-refractivity contribution is -0.141. The van der Waals surface area contributed by atoms with Gasteiger partial charge < -0.3 is 25.3 Å². The second kappa shape index (κ2) is 6.55. The number of carbonyl (C=O) groups excluding carboxylic acids is 1. The van der Waals surface area contributed by atoms with E-state index in [4.69, 9.17) is 5.11 Å². The van der Waals surface area contributed by atoms with Gasteiger partial charge in [0.05, 0.1) is 6.10 Å². The molecule has 0 bridgehead atoms. The van der Waals surface area contributed by atoms with Crippen LogP contribution in [0.3, 0.4) is 0 Å². The summed E-state index contributed by atoms with van der Waals surface area (Å²) in [5.74, 6) is -1.08. The molecule has 0 aromatic heterocycles. The monoisotopic (exact) mass is 259 g/mol. The summed E-state index contributed by atoms with van der Waals surface area (Å²) >= 11 is 0. The fourth-order valence-corrected chi connectivity index (χ4v) is 1.89. The molecular weight excluding hydrogens is 238 g/mol. The van der Waals surface area contributed by atoms with E-state index in [1.807, 2.05) is 18.9 Å². The van der Waals surface area contributed by atoms with E-state index in [-0.39, 0.29) is 13.0 Å². The molecular formula is C11H21N3O4. The van der Waals surface area contributed by atoms with Gasteiger partial charge in [-0.3, -0.25) is 0 Å². The number of rotatable bonds is 5. The first-order valence-electron chi connectivity index (χ1n) is 6.09. The fraction of sp³-hybridized carbons (Fsp3) is 0.818. The Bertz CT molecular complexity index is 311. The Morgan fingerprint density at radius 3 is 2.72 bits per heavy atom. The van der Waals surface area contributed by atoms with Crippen LogP contribution in [-0.4, -0.2) is 77.4 Å². The average molecular weight is 259 g/mol. The molecule has 1 rings (SSSR count). The standard InChI is InChI=1S/C11H21N3O4/c1-3-13(2)5-4-12-11(18)14-7-8(15)6-9(14)10(16)17/h8-9,15H,3-7H2,1-2H3,(H,12,18)(H,16,17)/t8-,9-/m0/s1. The molecule has 0 unspecified atom stereocenters. The summed E-state index contributed by atoms with van der Waals surface area (Å²) in [5, 5.41) is 21.1. The van der Waals surface area contributed by atoms with Gasteiger partial charge in [0, 0.05) is 26.1 Å². The second-order valence-corrected chi connectivity index (χ2v) is 4.52. The maximum Gasteiger partial charge on any atom is 0.326 e. The van der Waals surface area contributed by atoms with Crippen LogP contribution in [0.15, 0.2) is 0 Å². The molecule has 1 aliphatic heterocycles. The van der Waals surface area contributed by atoms with Gasteiger partial charge in [-0.05, 0) is 13.6 Å². The predicted octanol–water partition coefficient (Wildman–Crippen LogP) is -0.832. The van der Waals surface area contributed by atoms with Gasteiger partial charge in [-0.25, -0.2) is 9.59 Å². The van der Waals surface area contributed by atoms with E-state index >= 15 is 0 Å². The van der Waals surface area contributed by atoms with Gasteiger partial charge in [0.15, 0.2) is 0 Å². The van der Waals surface area contributed by atoms with Crippen LogP contribution >= 0.6 is 0 Å². The Kier molecular flexibility index (Phi) is 5.36. The van der Waals surface area contributed by atoms with Crippen molar-refractivity contribution in [2.45, 2.75) is 25.5 Å². The lowest BCUT2D eigenvalue weighted by atomic mass is 10.2. The average Bonchev–Trinajstić information content (AvgIpc) is 2.71. The number of urea groups is 1. The fourth-order valence-electron chi connectivity index (χ4n) is 1.89. The summed E-state index contributed by atoms with van der Waals surface area (Å²) in [4.78, 5) is 26.0. The largest absolute Gasteiger partial charge is 0.480 e. The van der Waals surface area contributed by atoms with Crippen molar-refractivity contribution in [1.82, 2.24) is 15.1 Å². The number of hydrogen-bond acceptors (Lipinski definition) is 4. The van der Waals surface area contributed by atoms with Crippen LogP contribution in [-0.2, 0) is 4.79 Å². The van der Waals surface area contributed by atoms with E-state index in [0.29, 0.717) is 13.1 Å². The molecule has 18 heavy (non-hydrogen) atoms. The summed E-state index contributed by atoms with van der Waals surface area (Å²) in [6, 6.07) is -1.35. The molecule has 0 aliphatic carbocycles. The van der Waals surface area contributed by atoms with Crippen LogP contribution in [0.2, 0.25) is 0 Å². The number of likely N-dealkylation sites (tertiary alicyclic amines) is 1. The van der Waals surface area contributed by atoms with Crippen molar-refractivity contribution in [3.63, 3.8) is 0 Å². The number of nitrogens with zero attached hydrogens (tertiary/aromatic N) is 2. The molecule has 1 heterocycles. The smallest absolute Gasteiger partial charge is 0.326 e. The van der Waals surface area contributed by atoms with Crippen LogP contribution in [0, 0.1) is 0 Å². The van der Waals surface area contributed by atoms with Crippen molar-refractivity contribution in [2.24, 2.45) is 0 Å². The van der Waals surface area contributed by atoms with Gasteiger partial charge in [-0.15, -0.1) is 0 Å².